The Morgan fingerprint density at radius 2 is 1.66 bits per heavy atom. The van der Waals surface area contributed by atoms with Gasteiger partial charge in [-0.15, -0.1) is 0 Å². The third-order valence-electron chi connectivity index (χ3n) is 4.97. The van der Waals surface area contributed by atoms with E-state index in [0.29, 0.717) is 17.8 Å². The van der Waals surface area contributed by atoms with E-state index in [1.807, 2.05) is 42.6 Å². The van der Waals surface area contributed by atoms with E-state index in [1.54, 1.807) is 24.4 Å². The number of benzene rings is 1. The van der Waals surface area contributed by atoms with Crippen LogP contribution in [-0.2, 0) is 33.2 Å². The monoisotopic (exact) mass is 406 g/mol. The lowest BCUT2D eigenvalue weighted by atomic mass is 10.0. The summed E-state index contributed by atoms with van der Waals surface area (Å²) in [7, 11) is -3.11. The van der Waals surface area contributed by atoms with Crippen LogP contribution in [0.3, 0.4) is 0 Å². The molecule has 6 heteroatoms. The van der Waals surface area contributed by atoms with Crippen molar-refractivity contribution in [2.75, 3.05) is 0 Å². The number of aromatic nitrogens is 2. The van der Waals surface area contributed by atoms with E-state index in [-0.39, 0.29) is 23.2 Å². The minimum atomic E-state index is -3.11. The number of hydrogen-bond donors (Lipinski definition) is 0. The first-order valence-electron chi connectivity index (χ1n) is 9.67. The Labute approximate surface area is 170 Å². The molecule has 0 atom stereocenters. The molecular formula is C23H22N2O3S. The van der Waals surface area contributed by atoms with Crippen LogP contribution in [0.5, 0.6) is 0 Å². The van der Waals surface area contributed by atoms with Crippen molar-refractivity contribution in [1.29, 1.82) is 0 Å². The third kappa shape index (κ3) is 5.15. The summed E-state index contributed by atoms with van der Waals surface area (Å²) in [5.41, 5.74) is 4.16. The van der Waals surface area contributed by atoms with E-state index >= 15 is 0 Å². The number of carbonyl (C=O) groups excluding carboxylic acids is 1. The number of nitrogens with zero attached hydrogens (tertiary/aromatic N) is 2. The van der Waals surface area contributed by atoms with E-state index in [9.17, 15) is 13.2 Å². The molecule has 0 N–H and O–H groups in total. The van der Waals surface area contributed by atoms with Gasteiger partial charge in [0.25, 0.3) is 0 Å². The molecule has 1 aliphatic rings. The second kappa shape index (κ2) is 8.25. The molecule has 0 amide bonds. The van der Waals surface area contributed by atoms with Gasteiger partial charge in [-0.3, -0.25) is 14.8 Å². The number of rotatable bonds is 8. The summed E-state index contributed by atoms with van der Waals surface area (Å²) >= 11 is 0. The zero-order valence-electron chi connectivity index (χ0n) is 16.0. The number of Topliss-reactive ketones (excluding diaryl/α,β-unsaturated/α-hetero) is 1. The second-order valence-corrected chi connectivity index (χ2v) is 9.74. The minimum Gasteiger partial charge on any atom is -0.299 e. The third-order valence-corrected chi connectivity index (χ3v) is 7.16. The molecule has 2 heterocycles. The van der Waals surface area contributed by atoms with Gasteiger partial charge in [-0.2, -0.15) is 0 Å². The Kier molecular flexibility index (Phi) is 5.53. The lowest BCUT2D eigenvalue weighted by Gasteiger charge is -2.06. The van der Waals surface area contributed by atoms with Crippen molar-refractivity contribution >= 4 is 15.6 Å². The first-order chi connectivity index (χ1) is 14.0. The van der Waals surface area contributed by atoms with E-state index in [2.05, 4.69) is 9.97 Å². The summed E-state index contributed by atoms with van der Waals surface area (Å²) in [6, 6.07) is 17.0. The van der Waals surface area contributed by atoms with E-state index < -0.39 is 9.84 Å². The first kappa shape index (κ1) is 19.5. The average molecular weight is 407 g/mol. The molecule has 0 radical (unpaired) electrons. The minimum absolute atomic E-state index is 0.0461. The molecule has 1 aromatic carbocycles. The molecule has 0 unspecified atom stereocenters. The summed E-state index contributed by atoms with van der Waals surface area (Å²) in [6.45, 7) is 0. The Balaban J connectivity index is 1.38. The number of pyridine rings is 2. The Hall–Kier alpha value is -2.86. The molecular weight excluding hydrogens is 384 g/mol. The van der Waals surface area contributed by atoms with Gasteiger partial charge in [0.1, 0.15) is 5.78 Å². The first-order valence-corrected chi connectivity index (χ1v) is 11.4. The standard InChI is InChI=1S/C23H22N2O3S/c26-22(13-17-6-8-18(9-7-17)19-3-2-12-24-15-19)14-20-4-1-5-21(25-20)16-29(27,28)23-10-11-23/h1-9,12,15,23H,10-11,13-14,16H2. The molecule has 1 aliphatic carbocycles. The van der Waals surface area contributed by atoms with Crippen LogP contribution < -0.4 is 0 Å². The Morgan fingerprint density at radius 3 is 2.34 bits per heavy atom. The zero-order valence-corrected chi connectivity index (χ0v) is 16.8. The summed E-state index contributed by atoms with van der Waals surface area (Å²) in [5, 5.41) is -0.204. The van der Waals surface area contributed by atoms with Gasteiger partial charge >= 0.3 is 0 Å². The van der Waals surface area contributed by atoms with Gasteiger partial charge in [0.2, 0.25) is 0 Å². The number of hydrogen-bond acceptors (Lipinski definition) is 5. The molecule has 0 aliphatic heterocycles. The second-order valence-electron chi connectivity index (χ2n) is 7.46. The quantitative estimate of drug-likeness (QED) is 0.571. The molecule has 0 bridgehead atoms. The fraction of sp³-hybridized carbons (Fsp3) is 0.261. The molecule has 29 heavy (non-hydrogen) atoms. The Morgan fingerprint density at radius 1 is 0.897 bits per heavy atom. The van der Waals surface area contributed by atoms with Gasteiger partial charge in [0.05, 0.1) is 16.7 Å². The highest BCUT2D eigenvalue weighted by atomic mass is 32.2. The van der Waals surface area contributed by atoms with Crippen LogP contribution in [0.2, 0.25) is 0 Å². The van der Waals surface area contributed by atoms with Crippen LogP contribution in [0.1, 0.15) is 29.8 Å². The summed E-state index contributed by atoms with van der Waals surface area (Å²) in [4.78, 5) is 21.0. The largest absolute Gasteiger partial charge is 0.299 e. The highest BCUT2D eigenvalue weighted by Crippen LogP contribution is 2.30. The van der Waals surface area contributed by atoms with E-state index in [0.717, 1.165) is 29.5 Å². The van der Waals surface area contributed by atoms with Gasteiger partial charge in [-0.1, -0.05) is 36.4 Å². The van der Waals surface area contributed by atoms with Crippen molar-refractivity contribution in [3.05, 3.63) is 83.9 Å². The SMILES string of the molecule is O=C(Cc1ccc(-c2cccnc2)cc1)Cc1cccc(CS(=O)(=O)C2CC2)n1. The van der Waals surface area contributed by atoms with Crippen molar-refractivity contribution < 1.29 is 13.2 Å². The maximum atomic E-state index is 12.5. The van der Waals surface area contributed by atoms with Gasteiger partial charge < -0.3 is 0 Å². The van der Waals surface area contributed by atoms with E-state index in [4.69, 9.17) is 0 Å². The summed E-state index contributed by atoms with van der Waals surface area (Å²) < 4.78 is 24.3. The number of carbonyl (C=O) groups is 1. The van der Waals surface area contributed by atoms with Crippen LogP contribution in [0.15, 0.2) is 67.0 Å². The number of sulfone groups is 1. The van der Waals surface area contributed by atoms with Crippen molar-refractivity contribution in [3.63, 3.8) is 0 Å². The molecule has 4 rings (SSSR count). The molecule has 3 aromatic rings. The van der Waals surface area contributed by atoms with Gasteiger partial charge in [0.15, 0.2) is 9.84 Å². The zero-order chi connectivity index (χ0) is 20.3. The highest BCUT2D eigenvalue weighted by Gasteiger charge is 2.35. The van der Waals surface area contributed by atoms with Gasteiger partial charge in [-0.25, -0.2) is 8.42 Å². The van der Waals surface area contributed by atoms with Crippen molar-refractivity contribution in [3.8, 4) is 11.1 Å². The van der Waals surface area contributed by atoms with Gasteiger partial charge in [0, 0.05) is 30.9 Å². The maximum absolute atomic E-state index is 12.5. The Bertz CT molecular complexity index is 1110. The normalized spacial score (nSPS) is 13.9. The molecule has 0 spiro atoms. The lowest BCUT2D eigenvalue weighted by molar-refractivity contribution is -0.117. The predicted octanol–water partition coefficient (Wildman–Crippen LogP) is 3.58. The topological polar surface area (TPSA) is 77.0 Å². The lowest BCUT2D eigenvalue weighted by Crippen LogP contribution is -2.13. The predicted molar refractivity (Wildman–Crippen MR) is 112 cm³/mol. The van der Waals surface area contributed by atoms with Crippen LogP contribution in [0.25, 0.3) is 11.1 Å². The van der Waals surface area contributed by atoms with Crippen LogP contribution >= 0.6 is 0 Å². The smallest absolute Gasteiger partial charge is 0.158 e. The van der Waals surface area contributed by atoms with Crippen molar-refractivity contribution in [2.24, 2.45) is 0 Å². The van der Waals surface area contributed by atoms with Crippen molar-refractivity contribution in [1.82, 2.24) is 9.97 Å². The molecule has 0 saturated heterocycles. The average Bonchev–Trinajstić information content (AvgIpc) is 3.55. The fourth-order valence-corrected chi connectivity index (χ4v) is 4.96. The summed E-state index contributed by atoms with van der Waals surface area (Å²) in [5.74, 6) is 0.00371. The fourth-order valence-electron chi connectivity index (χ4n) is 3.30. The van der Waals surface area contributed by atoms with Gasteiger partial charge in [-0.05, 0) is 47.7 Å². The molecule has 1 fully saturated rings. The molecule has 2 aromatic heterocycles. The highest BCUT2D eigenvalue weighted by molar-refractivity contribution is 7.91. The molecule has 5 nitrogen and oxygen atoms in total. The van der Waals surface area contributed by atoms with Crippen molar-refractivity contribution in [2.45, 2.75) is 36.7 Å². The maximum Gasteiger partial charge on any atom is 0.158 e. The summed E-state index contributed by atoms with van der Waals surface area (Å²) in [6.07, 6.45) is 5.56. The number of ketones is 1. The van der Waals surface area contributed by atoms with Crippen LogP contribution in [0.4, 0.5) is 0 Å². The van der Waals surface area contributed by atoms with Crippen LogP contribution in [0, 0.1) is 0 Å². The van der Waals surface area contributed by atoms with Crippen LogP contribution in [-0.4, -0.2) is 29.4 Å². The van der Waals surface area contributed by atoms with E-state index in [1.165, 1.54) is 0 Å². The molecule has 148 valence electrons. The molecule has 1 saturated carbocycles.